The molecule has 0 aliphatic carbocycles. The first-order chi connectivity index (χ1) is 14.2. The van der Waals surface area contributed by atoms with Gasteiger partial charge < -0.3 is 4.90 Å². The third kappa shape index (κ3) is 5.06. The summed E-state index contributed by atoms with van der Waals surface area (Å²) in [4.78, 5) is 21.9. The van der Waals surface area contributed by atoms with Crippen LogP contribution < -0.4 is 4.90 Å². The number of carbonyl (C=O) groups is 1. The number of aromatic nitrogens is 1. The second-order valence-electron chi connectivity index (χ2n) is 7.53. The minimum Gasteiger partial charge on any atom is -0.309 e. The lowest BCUT2D eigenvalue weighted by atomic mass is 10.2. The van der Waals surface area contributed by atoms with E-state index in [2.05, 4.69) is 22.9 Å². The Labute approximate surface area is 182 Å². The van der Waals surface area contributed by atoms with E-state index in [1.54, 1.807) is 23.1 Å². The molecule has 6 nitrogen and oxygen atoms in total. The number of aryl methyl sites for hydroxylation is 1. The molecule has 0 saturated carbocycles. The van der Waals surface area contributed by atoms with Crippen molar-refractivity contribution in [2.45, 2.75) is 24.7 Å². The van der Waals surface area contributed by atoms with Gasteiger partial charge >= 0.3 is 0 Å². The van der Waals surface area contributed by atoms with Gasteiger partial charge in [-0.15, -0.1) is 0 Å². The molecule has 0 fully saturated rings. The van der Waals surface area contributed by atoms with E-state index < -0.39 is 9.84 Å². The molecule has 1 aromatic heterocycles. The van der Waals surface area contributed by atoms with Crippen molar-refractivity contribution in [3.63, 3.8) is 0 Å². The fraction of sp³-hybridized carbons (Fsp3) is 0.364. The summed E-state index contributed by atoms with van der Waals surface area (Å²) in [5, 5.41) is 0.588. The number of anilines is 1. The molecule has 0 N–H and O–H groups in total. The van der Waals surface area contributed by atoms with Crippen LogP contribution in [0.25, 0.3) is 10.2 Å². The standard InChI is InChI=1S/C22H27N3O3S2/c1-5-16-11-12-18-19(15-16)29-22(23-18)25(14-8-13-24(2)3)21(26)17-9-6-7-10-20(17)30(4,27)28/h6-7,9-12,15H,5,8,13-14H2,1-4H3. The summed E-state index contributed by atoms with van der Waals surface area (Å²) in [7, 11) is 0.428. The maximum atomic E-state index is 13.5. The third-order valence-electron chi connectivity index (χ3n) is 4.83. The zero-order chi connectivity index (χ0) is 21.9. The highest BCUT2D eigenvalue weighted by molar-refractivity contribution is 7.90. The number of hydrogen-bond donors (Lipinski definition) is 0. The minimum absolute atomic E-state index is 0.0435. The summed E-state index contributed by atoms with van der Waals surface area (Å²) in [5.74, 6) is -0.343. The molecule has 0 aliphatic rings. The molecule has 8 heteroatoms. The van der Waals surface area contributed by atoms with Crippen molar-refractivity contribution >= 4 is 42.4 Å². The van der Waals surface area contributed by atoms with Crippen molar-refractivity contribution in [1.29, 1.82) is 0 Å². The van der Waals surface area contributed by atoms with Crippen molar-refractivity contribution in [3.05, 3.63) is 53.6 Å². The highest BCUT2D eigenvalue weighted by atomic mass is 32.2. The van der Waals surface area contributed by atoms with E-state index in [4.69, 9.17) is 0 Å². The smallest absolute Gasteiger partial charge is 0.261 e. The van der Waals surface area contributed by atoms with Crippen molar-refractivity contribution < 1.29 is 13.2 Å². The van der Waals surface area contributed by atoms with Crippen LogP contribution in [0.2, 0.25) is 0 Å². The number of sulfone groups is 1. The molecule has 0 spiro atoms. The van der Waals surface area contributed by atoms with E-state index in [9.17, 15) is 13.2 Å². The van der Waals surface area contributed by atoms with Crippen LogP contribution in [0.15, 0.2) is 47.4 Å². The Morgan fingerprint density at radius 1 is 1.10 bits per heavy atom. The molecule has 3 rings (SSSR count). The van der Waals surface area contributed by atoms with E-state index in [1.807, 2.05) is 26.2 Å². The predicted octanol–water partition coefficient (Wildman–Crippen LogP) is 3.86. The Morgan fingerprint density at radius 3 is 2.50 bits per heavy atom. The number of amides is 1. The average molecular weight is 446 g/mol. The molecule has 0 bridgehead atoms. The highest BCUT2D eigenvalue weighted by Gasteiger charge is 2.26. The van der Waals surface area contributed by atoms with Crippen LogP contribution in [0.3, 0.4) is 0 Å². The molecule has 0 atom stereocenters. The lowest BCUT2D eigenvalue weighted by Gasteiger charge is -2.22. The maximum absolute atomic E-state index is 13.5. The van der Waals surface area contributed by atoms with Gasteiger partial charge in [0, 0.05) is 12.8 Å². The fourth-order valence-corrected chi connectivity index (χ4v) is 5.17. The first-order valence-corrected chi connectivity index (χ1v) is 12.6. The number of fused-ring (bicyclic) bond motifs is 1. The summed E-state index contributed by atoms with van der Waals surface area (Å²) in [6.07, 6.45) is 2.80. The van der Waals surface area contributed by atoms with Gasteiger partial charge in [0.15, 0.2) is 15.0 Å². The van der Waals surface area contributed by atoms with Gasteiger partial charge in [-0.3, -0.25) is 9.69 Å². The largest absolute Gasteiger partial charge is 0.309 e. The molecular formula is C22H27N3O3S2. The number of nitrogens with zero attached hydrogens (tertiary/aromatic N) is 3. The number of hydrogen-bond acceptors (Lipinski definition) is 6. The molecule has 30 heavy (non-hydrogen) atoms. The summed E-state index contributed by atoms with van der Waals surface area (Å²) < 4.78 is 25.5. The lowest BCUT2D eigenvalue weighted by Crippen LogP contribution is -2.34. The van der Waals surface area contributed by atoms with Gasteiger partial charge in [0.05, 0.1) is 20.7 Å². The third-order valence-corrected chi connectivity index (χ3v) is 7.03. The first-order valence-electron chi connectivity index (χ1n) is 9.86. The molecule has 160 valence electrons. The second-order valence-corrected chi connectivity index (χ2v) is 10.5. The van der Waals surface area contributed by atoms with Crippen LogP contribution >= 0.6 is 11.3 Å². The van der Waals surface area contributed by atoms with Gasteiger partial charge in [0.25, 0.3) is 5.91 Å². The van der Waals surface area contributed by atoms with E-state index in [0.29, 0.717) is 11.7 Å². The summed E-state index contributed by atoms with van der Waals surface area (Å²) in [5.41, 5.74) is 2.23. The Morgan fingerprint density at radius 2 is 1.83 bits per heavy atom. The zero-order valence-electron chi connectivity index (χ0n) is 17.8. The Bertz CT molecular complexity index is 1150. The molecule has 1 heterocycles. The SMILES string of the molecule is CCc1ccc2nc(N(CCCN(C)C)C(=O)c3ccccc3S(C)(=O)=O)sc2c1. The average Bonchev–Trinajstić information content (AvgIpc) is 3.12. The van der Waals surface area contributed by atoms with Crippen molar-refractivity contribution in [2.24, 2.45) is 0 Å². The Balaban J connectivity index is 2.04. The Hall–Kier alpha value is -2.29. The summed E-state index contributed by atoms with van der Waals surface area (Å²) >= 11 is 1.46. The van der Waals surface area contributed by atoms with E-state index in [-0.39, 0.29) is 16.4 Å². The molecule has 0 saturated heterocycles. The van der Waals surface area contributed by atoms with E-state index >= 15 is 0 Å². The number of rotatable bonds is 8. The number of thiazole rings is 1. The number of benzene rings is 2. The fourth-order valence-electron chi connectivity index (χ4n) is 3.23. The van der Waals surface area contributed by atoms with Gasteiger partial charge in [0.1, 0.15) is 0 Å². The van der Waals surface area contributed by atoms with Crippen LogP contribution in [0.4, 0.5) is 5.13 Å². The van der Waals surface area contributed by atoms with Crippen LogP contribution in [-0.2, 0) is 16.3 Å². The van der Waals surface area contributed by atoms with Gasteiger partial charge in [-0.25, -0.2) is 13.4 Å². The zero-order valence-corrected chi connectivity index (χ0v) is 19.4. The molecule has 2 aromatic carbocycles. The first kappa shape index (κ1) is 22.4. The molecule has 0 unspecified atom stereocenters. The van der Waals surface area contributed by atoms with Gasteiger partial charge in [-0.2, -0.15) is 0 Å². The van der Waals surface area contributed by atoms with Crippen molar-refractivity contribution in [1.82, 2.24) is 9.88 Å². The topological polar surface area (TPSA) is 70.6 Å². The quantitative estimate of drug-likeness (QED) is 0.527. The van der Waals surface area contributed by atoms with Gasteiger partial charge in [0.2, 0.25) is 0 Å². The monoisotopic (exact) mass is 445 g/mol. The predicted molar refractivity (Wildman–Crippen MR) is 123 cm³/mol. The van der Waals surface area contributed by atoms with Crippen LogP contribution in [-0.4, -0.2) is 57.6 Å². The minimum atomic E-state index is -3.53. The lowest BCUT2D eigenvalue weighted by molar-refractivity contribution is 0.0983. The van der Waals surface area contributed by atoms with Crippen molar-refractivity contribution in [3.8, 4) is 0 Å². The summed E-state index contributed by atoms with van der Waals surface area (Å²) in [6, 6.07) is 12.5. The second kappa shape index (κ2) is 9.24. The molecular weight excluding hydrogens is 418 g/mol. The van der Waals surface area contributed by atoms with Crippen molar-refractivity contribution in [2.75, 3.05) is 38.3 Å². The maximum Gasteiger partial charge on any atom is 0.261 e. The van der Waals surface area contributed by atoms with Gasteiger partial charge in [-0.1, -0.05) is 36.5 Å². The Kier molecular flexibility index (Phi) is 6.90. The van der Waals surface area contributed by atoms with Crippen LogP contribution in [0.1, 0.15) is 29.3 Å². The van der Waals surface area contributed by atoms with Crippen LogP contribution in [0.5, 0.6) is 0 Å². The molecule has 1 amide bonds. The van der Waals surface area contributed by atoms with Crippen LogP contribution in [0, 0.1) is 0 Å². The van der Waals surface area contributed by atoms with E-state index in [1.165, 1.54) is 23.0 Å². The van der Waals surface area contributed by atoms with Gasteiger partial charge in [-0.05, 0) is 63.3 Å². The highest BCUT2D eigenvalue weighted by Crippen LogP contribution is 2.31. The molecule has 0 radical (unpaired) electrons. The normalized spacial score (nSPS) is 11.9. The van der Waals surface area contributed by atoms with E-state index in [0.717, 1.165) is 35.9 Å². The number of carbonyl (C=O) groups excluding carboxylic acids is 1. The molecule has 3 aromatic rings. The molecule has 0 aliphatic heterocycles. The summed E-state index contributed by atoms with van der Waals surface area (Å²) in [6.45, 7) is 3.36.